The molecule has 0 amide bonds. The van der Waals surface area contributed by atoms with Crippen molar-refractivity contribution < 1.29 is 18.3 Å². The summed E-state index contributed by atoms with van der Waals surface area (Å²) in [5.41, 5.74) is -0.734. The SMILES string of the molecule is Cc1ccc(CC2(O)CCNCC2)cc1C(F)(F)F. The van der Waals surface area contributed by atoms with Crippen LogP contribution in [0.25, 0.3) is 0 Å². The van der Waals surface area contributed by atoms with Gasteiger partial charge in [-0.1, -0.05) is 12.1 Å². The predicted octanol–water partition coefficient (Wildman–Crippen LogP) is 2.67. The monoisotopic (exact) mass is 273 g/mol. The van der Waals surface area contributed by atoms with Crippen LogP contribution in [0.15, 0.2) is 18.2 Å². The quantitative estimate of drug-likeness (QED) is 0.868. The molecule has 0 atom stereocenters. The lowest BCUT2D eigenvalue weighted by molar-refractivity contribution is -0.138. The number of benzene rings is 1. The molecule has 1 heterocycles. The minimum absolute atomic E-state index is 0.216. The van der Waals surface area contributed by atoms with Gasteiger partial charge in [0.05, 0.1) is 11.2 Å². The third-order valence-electron chi connectivity index (χ3n) is 3.67. The predicted molar refractivity (Wildman–Crippen MR) is 66.9 cm³/mol. The van der Waals surface area contributed by atoms with Crippen molar-refractivity contribution in [3.05, 3.63) is 34.9 Å². The smallest absolute Gasteiger partial charge is 0.389 e. The van der Waals surface area contributed by atoms with Crippen molar-refractivity contribution in [2.45, 2.75) is 38.0 Å². The first-order valence-electron chi connectivity index (χ1n) is 6.40. The highest BCUT2D eigenvalue weighted by Gasteiger charge is 2.34. The summed E-state index contributed by atoms with van der Waals surface area (Å²) in [5, 5.41) is 13.5. The fourth-order valence-electron chi connectivity index (χ4n) is 2.53. The number of nitrogens with one attached hydrogen (secondary N) is 1. The van der Waals surface area contributed by atoms with E-state index in [9.17, 15) is 18.3 Å². The van der Waals surface area contributed by atoms with Crippen LogP contribution >= 0.6 is 0 Å². The highest BCUT2D eigenvalue weighted by atomic mass is 19.4. The lowest BCUT2D eigenvalue weighted by atomic mass is 9.85. The van der Waals surface area contributed by atoms with Crippen molar-refractivity contribution in [3.8, 4) is 0 Å². The van der Waals surface area contributed by atoms with E-state index in [1.54, 1.807) is 6.07 Å². The molecule has 106 valence electrons. The largest absolute Gasteiger partial charge is 0.416 e. The molecule has 1 saturated heterocycles. The van der Waals surface area contributed by atoms with E-state index in [0.29, 0.717) is 31.5 Å². The van der Waals surface area contributed by atoms with Gasteiger partial charge in [0.1, 0.15) is 0 Å². The molecule has 5 heteroatoms. The molecule has 2 nitrogen and oxygen atoms in total. The van der Waals surface area contributed by atoms with Crippen molar-refractivity contribution in [1.29, 1.82) is 0 Å². The maximum Gasteiger partial charge on any atom is 0.416 e. The molecular weight excluding hydrogens is 255 g/mol. The summed E-state index contributed by atoms with van der Waals surface area (Å²) < 4.78 is 38.5. The van der Waals surface area contributed by atoms with Gasteiger partial charge in [-0.3, -0.25) is 0 Å². The number of rotatable bonds is 2. The Bertz CT molecular complexity index is 450. The van der Waals surface area contributed by atoms with Gasteiger partial charge in [0.15, 0.2) is 0 Å². The molecule has 1 fully saturated rings. The summed E-state index contributed by atoms with van der Waals surface area (Å²) in [6, 6.07) is 4.31. The summed E-state index contributed by atoms with van der Waals surface area (Å²) >= 11 is 0. The molecule has 0 spiro atoms. The minimum atomic E-state index is -4.34. The molecule has 19 heavy (non-hydrogen) atoms. The average molecular weight is 273 g/mol. The number of hydrogen-bond donors (Lipinski definition) is 2. The second-order valence-corrected chi connectivity index (χ2v) is 5.30. The van der Waals surface area contributed by atoms with Crippen LogP contribution in [-0.2, 0) is 12.6 Å². The van der Waals surface area contributed by atoms with Crippen LogP contribution in [0.1, 0.15) is 29.5 Å². The molecule has 0 radical (unpaired) electrons. The summed E-state index contributed by atoms with van der Waals surface area (Å²) in [7, 11) is 0. The second-order valence-electron chi connectivity index (χ2n) is 5.30. The average Bonchev–Trinajstić information content (AvgIpc) is 2.31. The Morgan fingerprint density at radius 3 is 2.47 bits per heavy atom. The van der Waals surface area contributed by atoms with Gasteiger partial charge < -0.3 is 10.4 Å². The van der Waals surface area contributed by atoms with Crippen molar-refractivity contribution >= 4 is 0 Å². The standard InChI is InChI=1S/C14H18F3NO/c1-10-2-3-11(8-12(10)14(15,16)17)9-13(19)4-6-18-7-5-13/h2-3,8,18-19H,4-7,9H2,1H3. The molecular formula is C14H18F3NO. The Labute approximate surface area is 110 Å². The van der Waals surface area contributed by atoms with Crippen molar-refractivity contribution in [1.82, 2.24) is 5.32 Å². The second kappa shape index (κ2) is 5.13. The Balaban J connectivity index is 2.21. The van der Waals surface area contributed by atoms with E-state index in [4.69, 9.17) is 0 Å². The number of alkyl halides is 3. The number of aliphatic hydroxyl groups is 1. The van der Waals surface area contributed by atoms with E-state index < -0.39 is 17.3 Å². The van der Waals surface area contributed by atoms with E-state index >= 15 is 0 Å². The normalized spacial score (nSPS) is 19.4. The van der Waals surface area contributed by atoms with Gasteiger partial charge in [0.2, 0.25) is 0 Å². The first-order valence-corrected chi connectivity index (χ1v) is 6.40. The zero-order chi connectivity index (χ0) is 14.1. The number of halogens is 3. The highest BCUT2D eigenvalue weighted by molar-refractivity contribution is 5.34. The maximum absolute atomic E-state index is 12.8. The molecule has 1 aliphatic heterocycles. The summed E-state index contributed by atoms with van der Waals surface area (Å²) in [6.07, 6.45) is -2.92. The fourth-order valence-corrected chi connectivity index (χ4v) is 2.53. The molecule has 2 N–H and O–H groups in total. The van der Waals surface area contributed by atoms with Gasteiger partial charge >= 0.3 is 6.18 Å². The van der Waals surface area contributed by atoms with Crippen LogP contribution in [-0.4, -0.2) is 23.8 Å². The Hall–Kier alpha value is -1.07. The summed E-state index contributed by atoms with van der Waals surface area (Å²) in [5.74, 6) is 0. The zero-order valence-electron chi connectivity index (χ0n) is 10.8. The van der Waals surface area contributed by atoms with Gasteiger partial charge in [-0.15, -0.1) is 0 Å². The van der Waals surface area contributed by atoms with Crippen LogP contribution in [0.2, 0.25) is 0 Å². The van der Waals surface area contributed by atoms with Gasteiger partial charge in [0, 0.05) is 6.42 Å². The molecule has 1 aliphatic rings. The van der Waals surface area contributed by atoms with Gasteiger partial charge in [0.25, 0.3) is 0 Å². The molecule has 0 unspecified atom stereocenters. The fraction of sp³-hybridized carbons (Fsp3) is 0.571. The molecule has 1 aromatic rings. The van der Waals surface area contributed by atoms with Crippen molar-refractivity contribution in [2.24, 2.45) is 0 Å². The van der Waals surface area contributed by atoms with Crippen LogP contribution < -0.4 is 5.32 Å². The maximum atomic E-state index is 12.8. The first-order chi connectivity index (χ1) is 8.80. The Kier molecular flexibility index (Phi) is 3.87. The lowest BCUT2D eigenvalue weighted by Gasteiger charge is -2.33. The van der Waals surface area contributed by atoms with E-state index in [-0.39, 0.29) is 12.0 Å². The summed E-state index contributed by atoms with van der Waals surface area (Å²) in [4.78, 5) is 0. The van der Waals surface area contributed by atoms with Crippen LogP contribution in [0, 0.1) is 6.92 Å². The highest BCUT2D eigenvalue weighted by Crippen LogP contribution is 2.33. The number of piperidine rings is 1. The Morgan fingerprint density at radius 1 is 1.26 bits per heavy atom. The van der Waals surface area contributed by atoms with Crippen LogP contribution in [0.4, 0.5) is 13.2 Å². The van der Waals surface area contributed by atoms with E-state index in [1.807, 2.05) is 0 Å². The molecule has 1 aromatic carbocycles. The topological polar surface area (TPSA) is 32.3 Å². The third-order valence-corrected chi connectivity index (χ3v) is 3.67. The van der Waals surface area contributed by atoms with Crippen LogP contribution in [0.5, 0.6) is 0 Å². The van der Waals surface area contributed by atoms with Gasteiger partial charge in [-0.25, -0.2) is 0 Å². The molecule has 0 aliphatic carbocycles. The number of aryl methyl sites for hydroxylation is 1. The zero-order valence-corrected chi connectivity index (χ0v) is 10.8. The van der Waals surface area contributed by atoms with Gasteiger partial charge in [-0.2, -0.15) is 13.2 Å². The molecule has 0 aromatic heterocycles. The van der Waals surface area contributed by atoms with E-state index in [2.05, 4.69) is 5.32 Å². The van der Waals surface area contributed by atoms with Crippen molar-refractivity contribution in [2.75, 3.05) is 13.1 Å². The molecule has 0 saturated carbocycles. The lowest BCUT2D eigenvalue weighted by Crippen LogP contribution is -2.43. The van der Waals surface area contributed by atoms with Gasteiger partial charge in [-0.05, 0) is 50.0 Å². The number of hydrogen-bond acceptors (Lipinski definition) is 2. The Morgan fingerprint density at radius 2 is 1.89 bits per heavy atom. The molecule has 2 rings (SSSR count). The third kappa shape index (κ3) is 3.48. The van der Waals surface area contributed by atoms with E-state index in [0.717, 1.165) is 6.07 Å². The first kappa shape index (κ1) is 14.3. The van der Waals surface area contributed by atoms with Crippen molar-refractivity contribution in [3.63, 3.8) is 0 Å². The minimum Gasteiger partial charge on any atom is -0.389 e. The van der Waals surface area contributed by atoms with E-state index in [1.165, 1.54) is 13.0 Å². The van der Waals surface area contributed by atoms with Crippen LogP contribution in [0.3, 0.4) is 0 Å². The molecule has 0 bridgehead atoms. The summed E-state index contributed by atoms with van der Waals surface area (Å²) in [6.45, 7) is 2.86.